The number of hydrogen-bond donors (Lipinski definition) is 1. The fourth-order valence-electron chi connectivity index (χ4n) is 0.659. The number of para-hydroxylation sites is 1. The standard InChI is InChI=1S/C8H9OS/c1-7(10)9-8-5-3-2-4-6-8/h2-6,10H,1H3. The summed E-state index contributed by atoms with van der Waals surface area (Å²) in [5.74, 6) is 0.829. The average Bonchev–Trinajstić information content (AvgIpc) is 1.88. The molecule has 1 rings (SSSR count). The summed E-state index contributed by atoms with van der Waals surface area (Å²) in [6.07, 6.45) is 0. The Labute approximate surface area is 66.4 Å². The van der Waals surface area contributed by atoms with E-state index in [2.05, 4.69) is 12.6 Å². The van der Waals surface area contributed by atoms with Crippen molar-refractivity contribution in [3.8, 4) is 5.75 Å². The maximum atomic E-state index is 5.20. The summed E-state index contributed by atoms with van der Waals surface area (Å²) in [7, 11) is 0. The molecule has 0 unspecified atom stereocenters. The molecule has 0 aliphatic rings. The molecule has 0 amide bonds. The molecule has 0 fully saturated rings. The van der Waals surface area contributed by atoms with Crippen molar-refractivity contribution in [1.82, 2.24) is 0 Å². The number of thiol groups is 1. The Hall–Kier alpha value is -0.630. The van der Waals surface area contributed by atoms with Crippen molar-refractivity contribution in [2.24, 2.45) is 0 Å². The minimum atomic E-state index is 0.659. The molecule has 1 radical (unpaired) electrons. The fraction of sp³-hybridized carbons (Fsp3) is 0.125. The van der Waals surface area contributed by atoms with Crippen LogP contribution in [-0.4, -0.2) is 0 Å². The smallest absolute Gasteiger partial charge is 0.197 e. The van der Waals surface area contributed by atoms with Gasteiger partial charge < -0.3 is 4.74 Å². The summed E-state index contributed by atoms with van der Waals surface area (Å²) in [5, 5.41) is 0. The molecule has 1 aromatic carbocycles. The van der Waals surface area contributed by atoms with Gasteiger partial charge in [-0.25, -0.2) is 0 Å². The van der Waals surface area contributed by atoms with E-state index in [4.69, 9.17) is 4.74 Å². The van der Waals surface area contributed by atoms with Crippen LogP contribution in [0.2, 0.25) is 0 Å². The van der Waals surface area contributed by atoms with Gasteiger partial charge in [-0.3, -0.25) is 0 Å². The summed E-state index contributed by atoms with van der Waals surface area (Å²) in [6.45, 7) is 1.80. The molecule has 0 bridgehead atoms. The topological polar surface area (TPSA) is 9.23 Å². The van der Waals surface area contributed by atoms with Crippen molar-refractivity contribution >= 4 is 12.6 Å². The van der Waals surface area contributed by atoms with Gasteiger partial charge in [0.1, 0.15) is 5.75 Å². The monoisotopic (exact) mass is 153 g/mol. The second kappa shape index (κ2) is 3.52. The van der Waals surface area contributed by atoms with Gasteiger partial charge in [0, 0.05) is 0 Å². The van der Waals surface area contributed by atoms with E-state index in [0.29, 0.717) is 5.44 Å². The van der Waals surface area contributed by atoms with Gasteiger partial charge in [-0.2, -0.15) is 0 Å². The molecular weight excluding hydrogens is 144 g/mol. The first kappa shape index (κ1) is 7.48. The highest BCUT2D eigenvalue weighted by molar-refractivity contribution is 7.83. The van der Waals surface area contributed by atoms with Crippen LogP contribution in [0.25, 0.3) is 0 Å². The first-order valence-electron chi connectivity index (χ1n) is 3.04. The van der Waals surface area contributed by atoms with E-state index in [1.807, 2.05) is 30.3 Å². The molecule has 2 heteroatoms. The second-order valence-corrected chi connectivity index (χ2v) is 2.56. The van der Waals surface area contributed by atoms with Crippen LogP contribution in [0.5, 0.6) is 5.75 Å². The third kappa shape index (κ3) is 2.31. The lowest BCUT2D eigenvalue weighted by Gasteiger charge is -2.05. The SMILES string of the molecule is C[C](S)Oc1ccccc1. The Morgan fingerprint density at radius 3 is 2.40 bits per heavy atom. The first-order chi connectivity index (χ1) is 4.79. The Morgan fingerprint density at radius 2 is 1.90 bits per heavy atom. The zero-order chi connectivity index (χ0) is 7.40. The summed E-state index contributed by atoms with van der Waals surface area (Å²) in [4.78, 5) is 0. The Morgan fingerprint density at radius 1 is 1.30 bits per heavy atom. The minimum absolute atomic E-state index is 0.659. The molecule has 1 aromatic rings. The van der Waals surface area contributed by atoms with E-state index in [-0.39, 0.29) is 0 Å². The van der Waals surface area contributed by atoms with E-state index in [1.165, 1.54) is 0 Å². The lowest BCUT2D eigenvalue weighted by molar-refractivity contribution is 0.397. The maximum Gasteiger partial charge on any atom is 0.197 e. The highest BCUT2D eigenvalue weighted by Crippen LogP contribution is 2.15. The third-order valence-electron chi connectivity index (χ3n) is 1.01. The van der Waals surface area contributed by atoms with Crippen LogP contribution in [-0.2, 0) is 0 Å². The Balaban J connectivity index is 2.59. The Kier molecular flexibility index (Phi) is 2.63. The quantitative estimate of drug-likeness (QED) is 0.642. The van der Waals surface area contributed by atoms with Crippen LogP contribution in [0.3, 0.4) is 0 Å². The van der Waals surface area contributed by atoms with Crippen molar-refractivity contribution in [1.29, 1.82) is 0 Å². The maximum absolute atomic E-state index is 5.20. The fourth-order valence-corrected chi connectivity index (χ4v) is 0.765. The molecule has 0 saturated carbocycles. The molecule has 0 saturated heterocycles. The lowest BCUT2D eigenvalue weighted by atomic mass is 10.3. The summed E-state index contributed by atoms with van der Waals surface area (Å²) < 4.78 is 5.20. The van der Waals surface area contributed by atoms with Gasteiger partial charge >= 0.3 is 0 Å². The second-order valence-electron chi connectivity index (χ2n) is 1.93. The number of benzene rings is 1. The van der Waals surface area contributed by atoms with Gasteiger partial charge in [0.15, 0.2) is 5.44 Å². The molecule has 53 valence electrons. The molecule has 0 heterocycles. The normalized spacial score (nSPS) is 9.90. The van der Waals surface area contributed by atoms with E-state index < -0.39 is 0 Å². The molecule has 0 aliphatic carbocycles. The molecule has 0 spiro atoms. The van der Waals surface area contributed by atoms with Crippen molar-refractivity contribution < 1.29 is 4.74 Å². The van der Waals surface area contributed by atoms with Crippen molar-refractivity contribution in [3.05, 3.63) is 35.8 Å². The zero-order valence-corrected chi connectivity index (χ0v) is 6.64. The largest absolute Gasteiger partial charge is 0.472 e. The van der Waals surface area contributed by atoms with Gasteiger partial charge in [0.05, 0.1) is 0 Å². The van der Waals surface area contributed by atoms with Crippen LogP contribution >= 0.6 is 12.6 Å². The summed E-state index contributed by atoms with van der Waals surface area (Å²) in [5.41, 5.74) is 0.659. The van der Waals surface area contributed by atoms with E-state index in [0.717, 1.165) is 5.75 Å². The highest BCUT2D eigenvalue weighted by atomic mass is 32.1. The average molecular weight is 153 g/mol. The van der Waals surface area contributed by atoms with Crippen LogP contribution in [0.4, 0.5) is 0 Å². The molecular formula is C8H9OS. The van der Waals surface area contributed by atoms with Crippen LogP contribution in [0.15, 0.2) is 30.3 Å². The van der Waals surface area contributed by atoms with E-state index >= 15 is 0 Å². The highest BCUT2D eigenvalue weighted by Gasteiger charge is 1.95. The Bertz CT molecular complexity index is 184. The lowest BCUT2D eigenvalue weighted by Crippen LogP contribution is -1.92. The molecule has 1 nitrogen and oxygen atoms in total. The number of hydrogen-bond acceptors (Lipinski definition) is 2. The summed E-state index contributed by atoms with van der Waals surface area (Å²) in [6, 6.07) is 9.57. The van der Waals surface area contributed by atoms with Gasteiger partial charge in [0.25, 0.3) is 0 Å². The van der Waals surface area contributed by atoms with Crippen molar-refractivity contribution in [3.63, 3.8) is 0 Å². The van der Waals surface area contributed by atoms with Crippen LogP contribution < -0.4 is 4.74 Å². The predicted octanol–water partition coefficient (Wildman–Crippen LogP) is 2.50. The molecule has 0 aromatic heterocycles. The van der Waals surface area contributed by atoms with Gasteiger partial charge in [-0.1, -0.05) is 18.2 Å². The van der Waals surface area contributed by atoms with E-state index in [1.54, 1.807) is 6.92 Å². The molecule has 0 atom stereocenters. The van der Waals surface area contributed by atoms with Gasteiger partial charge in [-0.05, 0) is 19.1 Å². The number of ether oxygens (including phenoxy) is 1. The van der Waals surface area contributed by atoms with Crippen molar-refractivity contribution in [2.75, 3.05) is 0 Å². The molecule has 0 N–H and O–H groups in total. The first-order valence-corrected chi connectivity index (χ1v) is 3.49. The third-order valence-corrected chi connectivity index (χ3v) is 1.10. The van der Waals surface area contributed by atoms with Gasteiger partial charge in [0.2, 0.25) is 0 Å². The number of rotatable bonds is 2. The molecule has 10 heavy (non-hydrogen) atoms. The summed E-state index contributed by atoms with van der Waals surface area (Å²) >= 11 is 4.00. The minimum Gasteiger partial charge on any atom is -0.472 e. The van der Waals surface area contributed by atoms with E-state index in [9.17, 15) is 0 Å². The zero-order valence-electron chi connectivity index (χ0n) is 5.74. The molecule has 0 aliphatic heterocycles. The van der Waals surface area contributed by atoms with Crippen LogP contribution in [0, 0.1) is 5.44 Å². The van der Waals surface area contributed by atoms with Crippen LogP contribution in [0.1, 0.15) is 6.92 Å². The van der Waals surface area contributed by atoms with Crippen molar-refractivity contribution in [2.45, 2.75) is 6.92 Å². The van der Waals surface area contributed by atoms with Gasteiger partial charge in [-0.15, -0.1) is 12.6 Å². The predicted molar refractivity (Wildman–Crippen MR) is 45.0 cm³/mol.